The summed E-state index contributed by atoms with van der Waals surface area (Å²) in [6.07, 6.45) is -0.265. The van der Waals surface area contributed by atoms with Crippen LogP contribution in [0.15, 0.2) is 17.9 Å². The van der Waals surface area contributed by atoms with Crippen LogP contribution in [0.5, 0.6) is 0 Å². The summed E-state index contributed by atoms with van der Waals surface area (Å²) < 4.78 is 15.6. The second kappa shape index (κ2) is 10.2. The lowest BCUT2D eigenvalue weighted by molar-refractivity contribution is -0.360. The van der Waals surface area contributed by atoms with Crippen molar-refractivity contribution in [1.29, 1.82) is 0 Å². The molecule has 1 aromatic rings. The molecule has 10 nitrogen and oxygen atoms in total. The molecule has 2 aliphatic heterocycles. The number of hydroxylamine groups is 4. The van der Waals surface area contributed by atoms with Gasteiger partial charge in [-0.25, -0.2) is 9.63 Å². The van der Waals surface area contributed by atoms with Crippen LogP contribution in [0.3, 0.4) is 0 Å². The molecule has 182 valence electrons. The van der Waals surface area contributed by atoms with Gasteiger partial charge in [-0.15, -0.1) is 0 Å². The minimum Gasteiger partial charge on any atom is -0.434 e. The van der Waals surface area contributed by atoms with Gasteiger partial charge in [-0.05, 0) is 57.2 Å². The number of aliphatic hydroxyl groups excluding tert-OH is 1. The highest BCUT2D eigenvalue weighted by Gasteiger charge is 2.58. The molecular formula is C23H32N2O8. The van der Waals surface area contributed by atoms with Gasteiger partial charge in [0.2, 0.25) is 0 Å². The Bertz CT molecular complexity index is 913. The van der Waals surface area contributed by atoms with E-state index in [-0.39, 0.29) is 17.9 Å². The summed E-state index contributed by atoms with van der Waals surface area (Å²) in [6, 6.07) is 3.91. The minimum absolute atomic E-state index is 0.116. The van der Waals surface area contributed by atoms with Gasteiger partial charge in [0.05, 0.1) is 19.3 Å². The lowest BCUT2D eigenvalue weighted by Crippen LogP contribution is -2.56. The van der Waals surface area contributed by atoms with Crippen LogP contribution in [-0.4, -0.2) is 73.2 Å². The minimum atomic E-state index is -1.69. The highest BCUT2D eigenvalue weighted by atomic mass is 16.9. The molecule has 0 saturated carbocycles. The highest BCUT2D eigenvalue weighted by molar-refractivity contribution is 6.23. The van der Waals surface area contributed by atoms with E-state index in [1.807, 2.05) is 32.9 Å². The van der Waals surface area contributed by atoms with Gasteiger partial charge in [-0.1, -0.05) is 17.7 Å². The van der Waals surface area contributed by atoms with E-state index in [0.717, 1.165) is 21.8 Å². The molecule has 2 heterocycles. The van der Waals surface area contributed by atoms with E-state index in [4.69, 9.17) is 23.9 Å². The average Bonchev–Trinajstić information content (AvgIpc) is 2.96. The first-order valence-corrected chi connectivity index (χ1v) is 10.9. The molecule has 1 spiro atoms. The Morgan fingerprint density at radius 2 is 1.76 bits per heavy atom. The Morgan fingerprint density at radius 3 is 2.27 bits per heavy atom. The number of ether oxygens (including phenoxy) is 3. The molecule has 1 N–H and O–H groups in total. The molecule has 1 fully saturated rings. The molecule has 1 saturated heterocycles. The Balaban J connectivity index is 2.23. The van der Waals surface area contributed by atoms with Gasteiger partial charge in [0.15, 0.2) is 5.76 Å². The molecule has 10 heteroatoms. The molecule has 0 radical (unpaired) electrons. The second-order valence-electron chi connectivity index (χ2n) is 8.15. The fourth-order valence-electron chi connectivity index (χ4n) is 4.64. The third-order valence-corrected chi connectivity index (χ3v) is 6.02. The van der Waals surface area contributed by atoms with Crippen LogP contribution in [0.4, 0.5) is 4.79 Å². The lowest BCUT2D eigenvalue weighted by Gasteiger charge is -2.43. The van der Waals surface area contributed by atoms with E-state index < -0.39 is 24.1 Å². The quantitative estimate of drug-likeness (QED) is 0.481. The average molecular weight is 465 g/mol. The van der Waals surface area contributed by atoms with Crippen molar-refractivity contribution in [3.63, 3.8) is 0 Å². The number of methoxy groups -OCH3 is 1. The van der Waals surface area contributed by atoms with Crippen molar-refractivity contribution in [2.75, 3.05) is 33.9 Å². The summed E-state index contributed by atoms with van der Waals surface area (Å²) in [5, 5.41) is 12.9. The molecule has 3 rings (SSSR count). The second-order valence-corrected chi connectivity index (χ2v) is 8.15. The van der Waals surface area contributed by atoms with Crippen LogP contribution in [0, 0.1) is 20.8 Å². The van der Waals surface area contributed by atoms with Gasteiger partial charge in [0.1, 0.15) is 5.54 Å². The van der Waals surface area contributed by atoms with Crippen LogP contribution < -0.4 is 0 Å². The number of hydrogen-bond acceptors (Lipinski definition) is 9. The number of nitrogens with zero attached hydrogens (tertiary/aromatic N) is 2. The maximum absolute atomic E-state index is 13.8. The van der Waals surface area contributed by atoms with E-state index in [1.54, 1.807) is 19.1 Å². The molecule has 1 amide bonds. The predicted molar refractivity (Wildman–Crippen MR) is 117 cm³/mol. The number of hydrogen-bond donors (Lipinski definition) is 1. The largest absolute Gasteiger partial charge is 0.513 e. The maximum Gasteiger partial charge on any atom is 0.513 e. The number of carbonyl (C=O) groups is 2. The molecule has 1 atom stereocenters. The van der Waals surface area contributed by atoms with Crippen LogP contribution in [0.2, 0.25) is 0 Å². The van der Waals surface area contributed by atoms with E-state index in [0.29, 0.717) is 31.5 Å². The zero-order valence-corrected chi connectivity index (χ0v) is 20.0. The number of aliphatic hydroxyl groups is 1. The number of amides is 1. The Kier molecular flexibility index (Phi) is 7.76. The maximum atomic E-state index is 13.8. The van der Waals surface area contributed by atoms with Gasteiger partial charge in [-0.3, -0.25) is 4.79 Å². The smallest absolute Gasteiger partial charge is 0.434 e. The van der Waals surface area contributed by atoms with Crippen LogP contribution in [-0.2, 0) is 28.7 Å². The van der Waals surface area contributed by atoms with E-state index in [9.17, 15) is 14.7 Å². The van der Waals surface area contributed by atoms with Gasteiger partial charge >= 0.3 is 6.16 Å². The van der Waals surface area contributed by atoms with E-state index in [1.165, 1.54) is 7.11 Å². The molecular weight excluding hydrogens is 432 g/mol. The fourth-order valence-corrected chi connectivity index (χ4v) is 4.64. The summed E-state index contributed by atoms with van der Waals surface area (Å²) in [4.78, 5) is 37.2. The van der Waals surface area contributed by atoms with Crippen molar-refractivity contribution in [1.82, 2.24) is 10.1 Å². The number of aryl methyl sites for hydroxylation is 3. The zero-order chi connectivity index (χ0) is 24.3. The van der Waals surface area contributed by atoms with Gasteiger partial charge in [0.25, 0.3) is 12.4 Å². The van der Waals surface area contributed by atoms with Crippen molar-refractivity contribution >= 4 is 17.6 Å². The summed E-state index contributed by atoms with van der Waals surface area (Å²) in [7, 11) is 2.82. The van der Waals surface area contributed by atoms with Crippen LogP contribution in [0.1, 0.15) is 42.0 Å². The number of rotatable bonds is 7. The van der Waals surface area contributed by atoms with E-state index >= 15 is 0 Å². The third-order valence-electron chi connectivity index (χ3n) is 6.02. The fraction of sp³-hybridized carbons (Fsp3) is 0.565. The van der Waals surface area contributed by atoms with Gasteiger partial charge in [0, 0.05) is 20.2 Å². The van der Waals surface area contributed by atoms with Gasteiger partial charge in [-0.2, -0.15) is 10.1 Å². The van der Waals surface area contributed by atoms with Crippen molar-refractivity contribution in [2.24, 2.45) is 0 Å². The first-order valence-electron chi connectivity index (χ1n) is 10.9. The first-order chi connectivity index (χ1) is 15.7. The van der Waals surface area contributed by atoms with Crippen molar-refractivity contribution in [3.05, 3.63) is 40.1 Å². The zero-order valence-electron chi connectivity index (χ0n) is 20.0. The first kappa shape index (κ1) is 25.1. The number of benzene rings is 1. The summed E-state index contributed by atoms with van der Waals surface area (Å²) in [5.41, 5.74) is 2.42. The Hall–Kier alpha value is -2.50. The standard InChI is InChI=1S/C23H32N2O8/c1-7-31-22(28)32-19-18(17-15(3)12-14(2)13-16(17)4)20(26)25(33-21(27)29-5)23(19)8-10-24(30-6)11-9-23/h12-13,21,27H,7-11H2,1-6H3. The molecule has 0 bridgehead atoms. The lowest BCUT2D eigenvalue weighted by atomic mass is 9.84. The number of carbonyl (C=O) groups excluding carboxylic acids is 2. The number of piperidine rings is 1. The molecule has 0 aliphatic carbocycles. The van der Waals surface area contributed by atoms with Crippen LogP contribution in [0.25, 0.3) is 5.57 Å². The summed E-state index contributed by atoms with van der Waals surface area (Å²) in [6.45, 7) is 6.72. The van der Waals surface area contributed by atoms with Crippen molar-refractivity contribution in [3.8, 4) is 0 Å². The Morgan fingerprint density at radius 1 is 1.15 bits per heavy atom. The monoisotopic (exact) mass is 464 g/mol. The molecule has 1 unspecified atom stereocenters. The summed E-state index contributed by atoms with van der Waals surface area (Å²) in [5.74, 6) is -0.397. The molecule has 2 aliphatic rings. The topological polar surface area (TPSA) is 107 Å². The predicted octanol–water partition coefficient (Wildman–Crippen LogP) is 2.59. The van der Waals surface area contributed by atoms with E-state index in [2.05, 4.69) is 0 Å². The SMILES string of the molecule is CCOC(=O)OC1=C(c2c(C)cc(C)cc2C)C(=O)N(OC(O)OC)C12CCN(OC)CC2. The van der Waals surface area contributed by atoms with Crippen molar-refractivity contribution in [2.45, 2.75) is 52.6 Å². The Labute approximate surface area is 193 Å². The van der Waals surface area contributed by atoms with Gasteiger partial charge < -0.3 is 24.2 Å². The summed E-state index contributed by atoms with van der Waals surface area (Å²) >= 11 is 0. The molecule has 33 heavy (non-hydrogen) atoms. The third kappa shape index (κ3) is 4.75. The normalized spacial score (nSPS) is 19.4. The van der Waals surface area contributed by atoms with Crippen LogP contribution >= 0.6 is 0 Å². The highest BCUT2D eigenvalue weighted by Crippen LogP contribution is 2.48. The molecule has 1 aromatic carbocycles. The van der Waals surface area contributed by atoms with Crippen molar-refractivity contribution < 1.29 is 38.6 Å². The molecule has 0 aromatic heterocycles.